The maximum absolute atomic E-state index is 12.7. The molecule has 2 aliphatic carbocycles. The molecule has 138 valence electrons. The van der Waals surface area contributed by atoms with Crippen LogP contribution < -0.4 is 0 Å². The Balaban J connectivity index is 1.64. The van der Waals surface area contributed by atoms with Crippen molar-refractivity contribution >= 4 is 11.9 Å². The third-order valence-electron chi connectivity index (χ3n) is 7.88. The van der Waals surface area contributed by atoms with Gasteiger partial charge in [0.25, 0.3) is 0 Å². The summed E-state index contributed by atoms with van der Waals surface area (Å²) in [6.07, 6.45) is -1.15. The fourth-order valence-electron chi connectivity index (χ4n) is 6.83. The Bertz CT molecular complexity index is 847. The largest absolute Gasteiger partial charge is 0.459 e. The smallest absolute Gasteiger partial charge is 0.337 e. The zero-order chi connectivity index (χ0) is 18.4. The third kappa shape index (κ3) is 1.11. The first-order chi connectivity index (χ1) is 12.2. The van der Waals surface area contributed by atoms with Gasteiger partial charge in [-0.25, -0.2) is 4.79 Å². The lowest BCUT2D eigenvalue weighted by molar-refractivity contribution is -0.232. The van der Waals surface area contributed by atoms with E-state index in [0.717, 1.165) is 5.57 Å². The van der Waals surface area contributed by atoms with Crippen LogP contribution in [0.1, 0.15) is 20.8 Å². The van der Waals surface area contributed by atoms with Crippen molar-refractivity contribution in [2.75, 3.05) is 0 Å². The molecular weight excluding hydrogens is 340 g/mol. The van der Waals surface area contributed by atoms with Crippen LogP contribution in [0.5, 0.6) is 0 Å². The van der Waals surface area contributed by atoms with Crippen molar-refractivity contribution in [2.24, 2.45) is 17.3 Å². The monoisotopic (exact) mass is 360 g/mol. The zero-order valence-electron chi connectivity index (χ0n) is 14.7. The van der Waals surface area contributed by atoms with Gasteiger partial charge in [-0.05, 0) is 20.8 Å². The van der Waals surface area contributed by atoms with E-state index >= 15 is 0 Å². The summed E-state index contributed by atoms with van der Waals surface area (Å²) in [5.74, 6) is -2.05. The van der Waals surface area contributed by atoms with Crippen LogP contribution in [0.2, 0.25) is 0 Å². The number of rotatable bonds is 1. The molecule has 1 spiro atoms. The molecule has 0 unspecified atom stereocenters. The molecule has 6 fully saturated rings. The number of aliphatic hydroxyl groups is 1. The first-order valence-electron chi connectivity index (χ1n) is 9.04. The predicted octanol–water partition coefficient (Wildman–Crippen LogP) is 0.262. The van der Waals surface area contributed by atoms with Gasteiger partial charge in [0.1, 0.15) is 36.1 Å². The summed E-state index contributed by atoms with van der Waals surface area (Å²) in [5, 5.41) is 12.0. The van der Waals surface area contributed by atoms with Gasteiger partial charge < -0.3 is 24.1 Å². The second kappa shape index (κ2) is 3.93. The molecule has 0 radical (unpaired) electrons. The number of epoxide rings is 1. The molecule has 6 aliphatic rings. The van der Waals surface area contributed by atoms with Crippen molar-refractivity contribution in [3.8, 4) is 0 Å². The lowest BCUT2D eigenvalue weighted by Crippen LogP contribution is -2.70. The average Bonchev–Trinajstić information content (AvgIpc) is 3.12. The second-order valence-electron chi connectivity index (χ2n) is 8.62. The summed E-state index contributed by atoms with van der Waals surface area (Å²) >= 11 is 0. The normalized spacial score (nSPS) is 61.8. The molecule has 26 heavy (non-hydrogen) atoms. The van der Waals surface area contributed by atoms with Crippen molar-refractivity contribution < 1.29 is 33.6 Å². The van der Waals surface area contributed by atoms with Crippen LogP contribution in [-0.2, 0) is 28.5 Å². The Labute approximate surface area is 149 Å². The number of hydrogen-bond acceptors (Lipinski definition) is 7. The van der Waals surface area contributed by atoms with E-state index in [9.17, 15) is 14.7 Å². The molecule has 10 atom stereocenters. The van der Waals surface area contributed by atoms with Gasteiger partial charge in [-0.2, -0.15) is 0 Å². The van der Waals surface area contributed by atoms with Crippen LogP contribution >= 0.6 is 0 Å². The molecule has 7 nitrogen and oxygen atoms in total. The average molecular weight is 360 g/mol. The van der Waals surface area contributed by atoms with Gasteiger partial charge in [-0.1, -0.05) is 18.2 Å². The SMILES string of the molecule is C=C(C)[C@@H]1[C@H]2OC(=O)[C@@H]1[C@]1(O)[C@H]3O[C@H]3[C@]34OC(=O)/C(=C/C)[C@H]3O[C@H]2[C@]14C. The van der Waals surface area contributed by atoms with Crippen LogP contribution in [0, 0.1) is 17.3 Å². The Morgan fingerprint density at radius 1 is 1.23 bits per heavy atom. The van der Waals surface area contributed by atoms with Gasteiger partial charge in [-0.15, -0.1) is 0 Å². The second-order valence-corrected chi connectivity index (χ2v) is 8.62. The van der Waals surface area contributed by atoms with Crippen LogP contribution in [-0.4, -0.2) is 58.8 Å². The van der Waals surface area contributed by atoms with E-state index in [-0.39, 0.29) is 5.92 Å². The summed E-state index contributed by atoms with van der Waals surface area (Å²) in [5.41, 5.74) is -2.45. The van der Waals surface area contributed by atoms with Gasteiger partial charge in [0.2, 0.25) is 0 Å². The van der Waals surface area contributed by atoms with Crippen molar-refractivity contribution in [3.63, 3.8) is 0 Å². The molecule has 0 aromatic carbocycles. The molecule has 4 aliphatic heterocycles. The summed E-state index contributed by atoms with van der Waals surface area (Å²) in [6.45, 7) is 9.47. The summed E-state index contributed by atoms with van der Waals surface area (Å²) < 4.78 is 23.7. The fraction of sp³-hybridized carbons (Fsp3) is 0.684. The molecule has 0 amide bonds. The minimum absolute atomic E-state index is 0.353. The lowest BCUT2D eigenvalue weighted by atomic mass is 9.52. The van der Waals surface area contributed by atoms with E-state index in [1.54, 1.807) is 13.0 Å². The number of ether oxygens (including phenoxy) is 4. The topological polar surface area (TPSA) is 94.6 Å². The predicted molar refractivity (Wildman–Crippen MR) is 84.6 cm³/mol. The van der Waals surface area contributed by atoms with Gasteiger partial charge in [0, 0.05) is 5.92 Å². The van der Waals surface area contributed by atoms with Crippen molar-refractivity contribution in [1.29, 1.82) is 0 Å². The molecule has 7 heteroatoms. The highest BCUT2D eigenvalue weighted by molar-refractivity contribution is 5.94. The summed E-state index contributed by atoms with van der Waals surface area (Å²) in [4.78, 5) is 25.2. The van der Waals surface area contributed by atoms with Crippen molar-refractivity contribution in [2.45, 2.75) is 62.5 Å². The highest BCUT2D eigenvalue weighted by Gasteiger charge is 2.97. The van der Waals surface area contributed by atoms with Crippen molar-refractivity contribution in [3.05, 3.63) is 23.8 Å². The van der Waals surface area contributed by atoms with E-state index in [1.807, 2.05) is 13.8 Å². The highest BCUT2D eigenvalue weighted by atomic mass is 16.7. The van der Waals surface area contributed by atoms with Gasteiger partial charge in [0.05, 0.1) is 16.9 Å². The minimum Gasteiger partial charge on any atom is -0.459 e. The maximum atomic E-state index is 12.7. The quantitative estimate of drug-likeness (QED) is 0.310. The van der Waals surface area contributed by atoms with Crippen LogP contribution in [0.15, 0.2) is 23.8 Å². The molecule has 0 aromatic rings. The molecule has 1 N–H and O–H groups in total. The third-order valence-corrected chi connectivity index (χ3v) is 7.88. The molecular formula is C19H20O7. The number of hydrogen-bond donors (Lipinski definition) is 1. The number of fused-ring (bicyclic) bond motifs is 6. The van der Waals surface area contributed by atoms with Crippen LogP contribution in [0.4, 0.5) is 0 Å². The molecule has 4 saturated heterocycles. The van der Waals surface area contributed by atoms with E-state index < -0.39 is 65.0 Å². The number of esters is 2. The van der Waals surface area contributed by atoms with Gasteiger partial charge >= 0.3 is 11.9 Å². The molecule has 2 bridgehead atoms. The van der Waals surface area contributed by atoms with Crippen molar-refractivity contribution in [1.82, 2.24) is 0 Å². The minimum atomic E-state index is -1.53. The van der Waals surface area contributed by atoms with Gasteiger partial charge in [0.15, 0.2) is 5.60 Å². The summed E-state index contributed by atoms with van der Waals surface area (Å²) in [6, 6.07) is 0. The Morgan fingerprint density at radius 3 is 2.62 bits per heavy atom. The van der Waals surface area contributed by atoms with Crippen LogP contribution in [0.3, 0.4) is 0 Å². The molecule has 4 heterocycles. The standard InChI is InChI=1S/C19H20O7/c1-5-7-11-19(26-15(7)20)14-13(25-14)18(22)9-8(6(2)3)10(23-16(9)21)12(24-11)17(18,19)4/h5,8-14,22H,2H2,1,3-4H3/b7-5+/t8-,9+,10+,11+,12+,13-,14+,17+,18-,19+/m0/s1. The zero-order valence-corrected chi connectivity index (χ0v) is 14.7. The Kier molecular flexibility index (Phi) is 2.32. The van der Waals surface area contributed by atoms with Gasteiger partial charge in [-0.3, -0.25) is 4.79 Å². The van der Waals surface area contributed by atoms with E-state index in [2.05, 4.69) is 6.58 Å². The number of carbonyl (C=O) groups is 2. The lowest BCUT2D eigenvalue weighted by Gasteiger charge is -2.53. The summed E-state index contributed by atoms with van der Waals surface area (Å²) in [7, 11) is 0. The first-order valence-corrected chi connectivity index (χ1v) is 9.04. The Hall–Kier alpha value is -1.70. The molecule has 0 aromatic heterocycles. The maximum Gasteiger partial charge on any atom is 0.337 e. The number of carbonyl (C=O) groups excluding carboxylic acids is 2. The van der Waals surface area contributed by atoms with E-state index in [1.165, 1.54) is 0 Å². The number of allylic oxidation sites excluding steroid dienone is 1. The Morgan fingerprint density at radius 2 is 1.96 bits per heavy atom. The molecule has 6 rings (SSSR count). The first kappa shape index (κ1) is 15.4. The van der Waals surface area contributed by atoms with E-state index in [0.29, 0.717) is 5.57 Å². The fourth-order valence-corrected chi connectivity index (χ4v) is 6.83. The highest BCUT2D eigenvalue weighted by Crippen LogP contribution is 2.78. The van der Waals surface area contributed by atoms with Crippen LogP contribution in [0.25, 0.3) is 0 Å². The van der Waals surface area contributed by atoms with E-state index in [4.69, 9.17) is 18.9 Å². The molecule has 2 saturated carbocycles.